The van der Waals surface area contributed by atoms with E-state index in [1.165, 1.54) is 60.3 Å². The number of halogens is 4. The van der Waals surface area contributed by atoms with Crippen molar-refractivity contribution in [2.45, 2.75) is 20.8 Å². The molecule has 0 radical (unpaired) electrons. The Bertz CT molecular complexity index is 6000. The van der Waals surface area contributed by atoms with Crippen LogP contribution in [0.15, 0.2) is 328 Å². The number of carbonyl (C=O) groups excluding carboxylic acids is 5. The van der Waals surface area contributed by atoms with Crippen LogP contribution in [0.4, 0.5) is 37.2 Å². The molecule has 5 N–H and O–H groups in total. The van der Waals surface area contributed by atoms with Crippen LogP contribution in [0.25, 0.3) is 0 Å². The number of rotatable bonds is 20. The molecule has 0 bridgehead atoms. The van der Waals surface area contributed by atoms with E-state index in [4.69, 9.17) is 53.3 Å². The molecule has 0 atom stereocenters. The van der Waals surface area contributed by atoms with Crippen LogP contribution < -0.4 is 50.3 Å². The number of thiazole rings is 1. The molecule has 9 aromatic carbocycles. The zero-order valence-corrected chi connectivity index (χ0v) is 65.3. The molecule has 0 aliphatic carbocycles. The van der Waals surface area contributed by atoms with Crippen molar-refractivity contribution in [1.29, 1.82) is 0 Å². The molecule has 21 nitrogen and oxygen atoms in total. The standard InChI is InChI=1S/C20H13ClN2O2.C19H15ClN2O2.2C19H15FN2O2.C15H11N3O2S/c1-2-14-5-3-6-15(9-14)20(24)23-17-7-4-8-18(11-17)25-19-10-16(21)12-22-13-19;1-13-4-2-5-14(8-13)19(23)22-16-6-3-7-17(10-16)24-18-9-15(20)11-21-12-18;1-13-10-14(7-8-18(13)20)19(23)22-15-4-2-5-16(11-15)24-17-6-3-9-21-12-17;1-13-4-2-5-14(8-13)19(23)22-16-9-15(20)10-18(11-16)24-17-6-3-7-21-12-17;19-14(15-17-7-8-21-15)18-11-3-1-4-12(9-11)20-13-5-2-6-16-10-13/h1,3-13H,(H,23,24);3*2-12H,1H3,(H,22,23);1-10H,(H,18,19). The van der Waals surface area contributed by atoms with E-state index in [0.717, 1.165) is 11.1 Å². The number of nitrogens with zero attached hydrogens (tertiary/aromatic N) is 6. The van der Waals surface area contributed by atoms with E-state index in [9.17, 15) is 32.8 Å². The molecule has 586 valence electrons. The van der Waals surface area contributed by atoms with E-state index >= 15 is 0 Å². The van der Waals surface area contributed by atoms with Gasteiger partial charge in [-0.25, -0.2) is 13.8 Å². The van der Waals surface area contributed by atoms with Gasteiger partial charge < -0.3 is 50.3 Å². The van der Waals surface area contributed by atoms with Crippen molar-refractivity contribution >= 4 is 92.5 Å². The predicted octanol–water partition coefficient (Wildman–Crippen LogP) is 22.6. The summed E-state index contributed by atoms with van der Waals surface area (Å²) < 4.78 is 55.4. The predicted molar refractivity (Wildman–Crippen MR) is 453 cm³/mol. The summed E-state index contributed by atoms with van der Waals surface area (Å²) in [5.41, 5.74) is 7.89. The summed E-state index contributed by atoms with van der Waals surface area (Å²) in [6, 6.07) is 72.1. The number of amides is 5. The minimum absolute atomic E-state index is 0.166. The molecule has 0 saturated heterocycles. The Morgan fingerprint density at radius 3 is 1.12 bits per heavy atom. The maximum Gasteiger partial charge on any atom is 0.284 e. The molecule has 15 rings (SSSR count). The second-order valence-corrected chi connectivity index (χ2v) is 26.8. The molecule has 0 unspecified atom stereocenters. The molecule has 26 heteroatoms. The number of ether oxygens (including phenoxy) is 5. The average molecular weight is 1630 g/mol. The molecule has 0 aliphatic rings. The topological polar surface area (TPSA) is 269 Å². The lowest BCUT2D eigenvalue weighted by atomic mass is 10.1. The zero-order chi connectivity index (χ0) is 83.0. The molecular formula is C92H69Cl2F2N11O10S. The number of terminal acetylenes is 1. The Kier molecular flexibility index (Phi) is 30.2. The van der Waals surface area contributed by atoms with Crippen LogP contribution in [0.5, 0.6) is 57.5 Å². The Balaban J connectivity index is 0.000000145. The Hall–Kier alpha value is -15.3. The van der Waals surface area contributed by atoms with Gasteiger partial charge in [0.05, 0.1) is 41.0 Å². The maximum atomic E-state index is 13.8. The number of anilines is 5. The Morgan fingerprint density at radius 2 is 0.720 bits per heavy atom. The monoisotopic (exact) mass is 1630 g/mol. The lowest BCUT2D eigenvalue weighted by Crippen LogP contribution is -2.12. The van der Waals surface area contributed by atoms with Gasteiger partial charge in [0.25, 0.3) is 29.5 Å². The fraction of sp³-hybridized carbons (Fsp3) is 0.0326. The van der Waals surface area contributed by atoms with Gasteiger partial charge in [-0.1, -0.05) is 94.8 Å². The fourth-order valence-corrected chi connectivity index (χ4v) is 11.3. The van der Waals surface area contributed by atoms with Gasteiger partial charge in [-0.3, -0.25) is 48.9 Å². The van der Waals surface area contributed by atoms with Gasteiger partial charge in [-0.2, -0.15) is 0 Å². The third-order valence-electron chi connectivity index (χ3n) is 15.8. The van der Waals surface area contributed by atoms with Crippen LogP contribution in [0.3, 0.4) is 0 Å². The summed E-state index contributed by atoms with van der Waals surface area (Å²) in [6.07, 6.45) is 22.9. The molecule has 15 aromatic rings. The highest BCUT2D eigenvalue weighted by Crippen LogP contribution is 2.31. The first kappa shape index (κ1) is 83.6. The lowest BCUT2D eigenvalue weighted by molar-refractivity contribution is 0.101. The molecule has 0 spiro atoms. The van der Waals surface area contributed by atoms with E-state index in [2.05, 4.69) is 62.4 Å². The van der Waals surface area contributed by atoms with Crippen molar-refractivity contribution in [2.75, 3.05) is 26.6 Å². The number of carbonyl (C=O) groups is 5. The zero-order valence-electron chi connectivity index (χ0n) is 62.9. The van der Waals surface area contributed by atoms with Crippen LogP contribution in [-0.4, -0.2) is 59.4 Å². The fourth-order valence-electron chi connectivity index (χ4n) is 10.5. The molecule has 0 aliphatic heterocycles. The third kappa shape index (κ3) is 27.0. The number of pyridine rings is 5. The van der Waals surface area contributed by atoms with Crippen LogP contribution in [0, 0.1) is 44.7 Å². The second kappa shape index (κ2) is 42.5. The minimum atomic E-state index is -0.504. The number of benzene rings is 9. The van der Waals surface area contributed by atoms with Crippen molar-refractivity contribution in [3.63, 3.8) is 0 Å². The molecule has 118 heavy (non-hydrogen) atoms. The number of aromatic nitrogens is 6. The first-order valence-corrected chi connectivity index (χ1v) is 37.3. The largest absolute Gasteiger partial charge is 0.456 e. The molecule has 0 saturated carbocycles. The quantitative estimate of drug-likeness (QED) is 0.0444. The van der Waals surface area contributed by atoms with Crippen molar-refractivity contribution in [2.24, 2.45) is 0 Å². The molecule has 6 aromatic heterocycles. The van der Waals surface area contributed by atoms with Gasteiger partial charge in [0.2, 0.25) is 0 Å². The van der Waals surface area contributed by atoms with E-state index in [0.29, 0.717) is 129 Å². The Labute approximate surface area is 691 Å². The van der Waals surface area contributed by atoms with E-state index < -0.39 is 5.82 Å². The van der Waals surface area contributed by atoms with Crippen LogP contribution in [-0.2, 0) is 0 Å². The van der Waals surface area contributed by atoms with E-state index in [-0.39, 0.29) is 41.1 Å². The van der Waals surface area contributed by atoms with Gasteiger partial charge in [0.15, 0.2) is 5.01 Å². The SMILES string of the molecule is C#Cc1cccc(C(=O)Nc2cccc(Oc3cncc(Cl)c3)c2)c1.Cc1cc(C(=O)Nc2cccc(Oc3cccnc3)c2)ccc1F.Cc1cccc(C(=O)Nc2cc(F)cc(Oc3cccnc3)c2)c1.Cc1cccc(C(=O)Nc2cccc(Oc3cncc(Cl)c3)c2)c1.O=C(Nc1cccc(Oc2cccnc2)c1)c1nccs1. The van der Waals surface area contributed by atoms with Crippen LogP contribution >= 0.6 is 34.5 Å². The van der Waals surface area contributed by atoms with Crippen molar-refractivity contribution < 1.29 is 56.4 Å². The van der Waals surface area contributed by atoms with Crippen LogP contribution in [0.2, 0.25) is 10.0 Å². The van der Waals surface area contributed by atoms with Gasteiger partial charge >= 0.3 is 0 Å². The summed E-state index contributed by atoms with van der Waals surface area (Å²) >= 11 is 13.1. The highest BCUT2D eigenvalue weighted by atomic mass is 35.5. The number of hydrogen-bond acceptors (Lipinski definition) is 17. The highest BCUT2D eigenvalue weighted by molar-refractivity contribution is 7.11. The molecular weight excluding hydrogens is 1560 g/mol. The lowest BCUT2D eigenvalue weighted by Gasteiger charge is -2.10. The van der Waals surface area contributed by atoms with E-state index in [1.807, 2.05) is 56.3 Å². The first-order chi connectivity index (χ1) is 57.3. The summed E-state index contributed by atoms with van der Waals surface area (Å²) in [7, 11) is 0. The number of aryl methyl sites for hydroxylation is 3. The summed E-state index contributed by atoms with van der Waals surface area (Å²) in [6.45, 7) is 5.47. The number of hydrogen-bond donors (Lipinski definition) is 5. The maximum absolute atomic E-state index is 13.8. The van der Waals surface area contributed by atoms with Crippen molar-refractivity contribution in [1.82, 2.24) is 29.9 Å². The highest BCUT2D eigenvalue weighted by Gasteiger charge is 2.15. The second-order valence-electron chi connectivity index (χ2n) is 25.1. The molecule has 5 amide bonds. The van der Waals surface area contributed by atoms with Gasteiger partial charge in [0, 0.05) is 147 Å². The number of nitrogens with one attached hydrogen (secondary N) is 5. The van der Waals surface area contributed by atoms with Gasteiger partial charge in [-0.05, 0) is 178 Å². The summed E-state index contributed by atoms with van der Waals surface area (Å²) in [5.74, 6) is 5.80. The smallest absolute Gasteiger partial charge is 0.284 e. The van der Waals surface area contributed by atoms with Gasteiger partial charge in [-0.15, -0.1) is 17.8 Å². The van der Waals surface area contributed by atoms with Crippen molar-refractivity contribution in [3.8, 4) is 69.8 Å². The minimum Gasteiger partial charge on any atom is -0.456 e. The van der Waals surface area contributed by atoms with Gasteiger partial charge in [0.1, 0.15) is 69.1 Å². The third-order valence-corrected chi connectivity index (χ3v) is 17.0. The van der Waals surface area contributed by atoms with Crippen molar-refractivity contribution in [3.05, 3.63) is 400 Å². The first-order valence-electron chi connectivity index (χ1n) is 35.7. The molecule has 6 heterocycles. The summed E-state index contributed by atoms with van der Waals surface area (Å²) in [4.78, 5) is 84.9. The summed E-state index contributed by atoms with van der Waals surface area (Å²) in [5, 5.41) is 17.1. The van der Waals surface area contributed by atoms with E-state index in [1.54, 1.807) is 244 Å². The average Bonchev–Trinajstić information content (AvgIpc) is 1.16. The van der Waals surface area contributed by atoms with Crippen LogP contribution in [0.1, 0.15) is 73.5 Å². The molecule has 0 fully saturated rings. The normalized spacial score (nSPS) is 10.2. The Morgan fingerprint density at radius 1 is 0.347 bits per heavy atom.